The van der Waals surface area contributed by atoms with E-state index in [-0.39, 0.29) is 5.91 Å². The number of aromatic nitrogens is 1. The summed E-state index contributed by atoms with van der Waals surface area (Å²) in [5.74, 6) is 1.64. The first-order chi connectivity index (χ1) is 9.04. The van der Waals surface area contributed by atoms with Crippen LogP contribution in [-0.2, 0) is 4.79 Å². The van der Waals surface area contributed by atoms with E-state index in [9.17, 15) is 4.79 Å². The number of likely N-dealkylation sites (tertiary alicyclic amines) is 1. The van der Waals surface area contributed by atoms with Gasteiger partial charge in [-0.25, -0.2) is 0 Å². The molecule has 1 fully saturated rings. The van der Waals surface area contributed by atoms with E-state index < -0.39 is 0 Å². The summed E-state index contributed by atoms with van der Waals surface area (Å²) < 4.78 is 4.90. The van der Waals surface area contributed by atoms with Gasteiger partial charge < -0.3 is 20.5 Å². The number of carbonyl (C=O) groups is 1. The van der Waals surface area contributed by atoms with E-state index >= 15 is 0 Å². The molecule has 1 saturated heterocycles. The maximum atomic E-state index is 11.8. The van der Waals surface area contributed by atoms with Crippen LogP contribution in [0.1, 0.15) is 25.5 Å². The third-order valence-electron chi connectivity index (χ3n) is 3.61. The summed E-state index contributed by atoms with van der Waals surface area (Å²) in [6.07, 6.45) is 1.47. The van der Waals surface area contributed by atoms with Crippen molar-refractivity contribution in [2.75, 3.05) is 25.0 Å². The molecule has 1 aromatic heterocycles. The highest BCUT2D eigenvalue weighted by Crippen LogP contribution is 2.15. The monoisotopic (exact) mass is 266 g/mol. The number of aryl methyl sites for hydroxylation is 1. The first-order valence-corrected chi connectivity index (χ1v) is 6.75. The molecule has 19 heavy (non-hydrogen) atoms. The molecular formula is C13H22N4O2. The van der Waals surface area contributed by atoms with Crippen LogP contribution in [0.25, 0.3) is 0 Å². The molecule has 1 aromatic rings. The number of nitrogens with one attached hydrogen (secondary N) is 1. The Bertz CT molecular complexity index is 432. The Balaban J connectivity index is 1.72. The van der Waals surface area contributed by atoms with Crippen molar-refractivity contribution in [2.45, 2.75) is 32.7 Å². The number of hydrogen-bond acceptors (Lipinski definition) is 5. The molecule has 1 amide bonds. The van der Waals surface area contributed by atoms with Crippen LogP contribution in [0, 0.1) is 12.8 Å². The van der Waals surface area contributed by atoms with Crippen LogP contribution in [0.3, 0.4) is 0 Å². The Morgan fingerprint density at radius 1 is 1.68 bits per heavy atom. The van der Waals surface area contributed by atoms with Crippen LogP contribution < -0.4 is 11.1 Å². The number of nitrogens with two attached hydrogens (primary N) is 1. The zero-order valence-corrected chi connectivity index (χ0v) is 11.6. The number of anilines is 1. The van der Waals surface area contributed by atoms with Gasteiger partial charge in [0.15, 0.2) is 5.82 Å². The van der Waals surface area contributed by atoms with Gasteiger partial charge in [-0.05, 0) is 25.8 Å². The molecule has 0 aliphatic carbocycles. The maximum absolute atomic E-state index is 11.8. The van der Waals surface area contributed by atoms with Gasteiger partial charge in [0, 0.05) is 31.6 Å². The number of hydrogen-bond donors (Lipinski definition) is 2. The van der Waals surface area contributed by atoms with Gasteiger partial charge in [-0.1, -0.05) is 12.1 Å². The van der Waals surface area contributed by atoms with Crippen LogP contribution in [0.5, 0.6) is 0 Å². The molecule has 106 valence electrons. The second kappa shape index (κ2) is 6.16. The lowest BCUT2D eigenvalue weighted by Crippen LogP contribution is -2.46. The lowest BCUT2D eigenvalue weighted by Gasteiger charge is -2.34. The fraction of sp³-hybridized carbons (Fsp3) is 0.692. The molecule has 0 spiro atoms. The summed E-state index contributed by atoms with van der Waals surface area (Å²) >= 11 is 0. The Hall–Kier alpha value is -1.40. The van der Waals surface area contributed by atoms with E-state index in [0.717, 1.165) is 26.1 Å². The van der Waals surface area contributed by atoms with E-state index in [4.69, 9.17) is 10.3 Å². The fourth-order valence-electron chi connectivity index (χ4n) is 2.34. The summed E-state index contributed by atoms with van der Waals surface area (Å²) in [5.41, 5.74) is 5.98. The molecule has 6 nitrogen and oxygen atoms in total. The van der Waals surface area contributed by atoms with Crippen LogP contribution >= 0.6 is 0 Å². The summed E-state index contributed by atoms with van der Waals surface area (Å²) in [4.78, 5) is 14.1. The minimum atomic E-state index is -0.0316. The third-order valence-corrected chi connectivity index (χ3v) is 3.61. The van der Waals surface area contributed by atoms with Crippen molar-refractivity contribution in [2.24, 2.45) is 11.7 Å². The third kappa shape index (κ3) is 4.04. The molecule has 0 saturated carbocycles. The Labute approximate surface area is 113 Å². The SMILES string of the molecule is Cc1cc(NC(=O)CCN2CCC(N)C(C)C2)no1. The predicted octanol–water partition coefficient (Wildman–Crippen LogP) is 0.981. The minimum Gasteiger partial charge on any atom is -0.360 e. The van der Waals surface area contributed by atoms with Crippen molar-refractivity contribution < 1.29 is 9.32 Å². The summed E-state index contributed by atoms with van der Waals surface area (Å²) in [6, 6.07) is 2.00. The average Bonchev–Trinajstić information content (AvgIpc) is 2.76. The quantitative estimate of drug-likeness (QED) is 0.848. The van der Waals surface area contributed by atoms with E-state index in [1.165, 1.54) is 0 Å². The lowest BCUT2D eigenvalue weighted by molar-refractivity contribution is -0.116. The van der Waals surface area contributed by atoms with Gasteiger partial charge in [0.2, 0.25) is 5.91 Å². The molecular weight excluding hydrogens is 244 g/mol. The van der Waals surface area contributed by atoms with E-state index in [1.807, 2.05) is 0 Å². The highest BCUT2D eigenvalue weighted by Gasteiger charge is 2.23. The van der Waals surface area contributed by atoms with Crippen LogP contribution in [0.2, 0.25) is 0 Å². The van der Waals surface area contributed by atoms with Crippen molar-refractivity contribution in [3.8, 4) is 0 Å². The molecule has 6 heteroatoms. The van der Waals surface area contributed by atoms with E-state index in [2.05, 4.69) is 22.3 Å². The summed E-state index contributed by atoms with van der Waals surface area (Å²) in [6.45, 7) is 6.66. The number of carbonyl (C=O) groups excluding carboxylic acids is 1. The van der Waals surface area contributed by atoms with Gasteiger partial charge in [0.05, 0.1) is 0 Å². The van der Waals surface area contributed by atoms with Crippen molar-refractivity contribution in [3.05, 3.63) is 11.8 Å². The number of rotatable bonds is 4. The predicted molar refractivity (Wildman–Crippen MR) is 72.7 cm³/mol. The molecule has 3 N–H and O–H groups in total. The van der Waals surface area contributed by atoms with Crippen LogP contribution in [-0.4, -0.2) is 41.6 Å². The molecule has 0 aromatic carbocycles. The maximum Gasteiger partial charge on any atom is 0.226 e. The highest BCUT2D eigenvalue weighted by molar-refractivity contribution is 5.89. The molecule has 2 unspecified atom stereocenters. The topological polar surface area (TPSA) is 84.4 Å². The molecule has 0 radical (unpaired) electrons. The highest BCUT2D eigenvalue weighted by atomic mass is 16.5. The first kappa shape index (κ1) is 14.0. The van der Waals surface area contributed by atoms with Gasteiger partial charge in [0.25, 0.3) is 0 Å². The van der Waals surface area contributed by atoms with Crippen LogP contribution in [0.4, 0.5) is 5.82 Å². The Kier molecular flexibility index (Phi) is 4.55. The van der Waals surface area contributed by atoms with Gasteiger partial charge in [-0.2, -0.15) is 0 Å². The minimum absolute atomic E-state index is 0.0316. The smallest absolute Gasteiger partial charge is 0.226 e. The Morgan fingerprint density at radius 3 is 3.11 bits per heavy atom. The molecule has 2 rings (SSSR count). The van der Waals surface area contributed by atoms with Crippen molar-refractivity contribution >= 4 is 11.7 Å². The Morgan fingerprint density at radius 2 is 2.47 bits per heavy atom. The average molecular weight is 266 g/mol. The molecule has 0 bridgehead atoms. The molecule has 2 heterocycles. The van der Waals surface area contributed by atoms with Gasteiger partial charge in [-0.15, -0.1) is 0 Å². The molecule has 2 atom stereocenters. The summed E-state index contributed by atoms with van der Waals surface area (Å²) in [7, 11) is 0. The number of amides is 1. The number of piperidine rings is 1. The van der Waals surface area contributed by atoms with Gasteiger partial charge in [0.1, 0.15) is 5.76 Å². The standard InChI is InChI=1S/C13H22N4O2/c1-9-8-17(5-3-11(9)14)6-4-13(18)15-12-7-10(2)19-16-12/h7,9,11H,3-6,8,14H2,1-2H3,(H,15,16,18). The van der Waals surface area contributed by atoms with Gasteiger partial charge >= 0.3 is 0 Å². The van der Waals surface area contributed by atoms with Crippen LogP contribution in [0.15, 0.2) is 10.6 Å². The largest absolute Gasteiger partial charge is 0.360 e. The van der Waals surface area contributed by atoms with Gasteiger partial charge in [-0.3, -0.25) is 4.79 Å². The fourth-order valence-corrected chi connectivity index (χ4v) is 2.34. The van der Waals surface area contributed by atoms with Crippen molar-refractivity contribution in [1.29, 1.82) is 0 Å². The second-order valence-electron chi connectivity index (χ2n) is 5.35. The number of nitrogens with zero attached hydrogens (tertiary/aromatic N) is 2. The normalized spacial score (nSPS) is 24.4. The first-order valence-electron chi connectivity index (χ1n) is 6.75. The van der Waals surface area contributed by atoms with Crippen molar-refractivity contribution in [1.82, 2.24) is 10.1 Å². The molecule has 1 aliphatic heterocycles. The van der Waals surface area contributed by atoms with E-state index in [0.29, 0.717) is 30.0 Å². The lowest BCUT2D eigenvalue weighted by atomic mass is 9.95. The van der Waals surface area contributed by atoms with Crippen molar-refractivity contribution in [3.63, 3.8) is 0 Å². The summed E-state index contributed by atoms with van der Waals surface area (Å²) in [5, 5.41) is 6.46. The second-order valence-corrected chi connectivity index (χ2v) is 5.35. The van der Waals surface area contributed by atoms with E-state index in [1.54, 1.807) is 13.0 Å². The zero-order valence-electron chi connectivity index (χ0n) is 11.6. The molecule has 1 aliphatic rings. The zero-order chi connectivity index (χ0) is 13.8.